The second-order valence-corrected chi connectivity index (χ2v) is 20.2. The summed E-state index contributed by atoms with van der Waals surface area (Å²) in [6, 6.07) is 18.4. The van der Waals surface area contributed by atoms with E-state index in [2.05, 4.69) is 133 Å². The van der Waals surface area contributed by atoms with Gasteiger partial charge in [-0.25, -0.2) is 4.58 Å². The zero-order valence-corrected chi connectivity index (χ0v) is 32.6. The molecule has 0 atom stereocenters. The van der Waals surface area contributed by atoms with Gasteiger partial charge in [-0.1, -0.05) is 50.7 Å². The summed E-state index contributed by atoms with van der Waals surface area (Å²) in [6.07, 6.45) is 6.91. The number of carbonyl (C=O) groups is 1. The van der Waals surface area contributed by atoms with Crippen molar-refractivity contribution in [2.24, 2.45) is 0 Å². The summed E-state index contributed by atoms with van der Waals surface area (Å²) in [7, 11) is -0.285. The standard InChI is InChI=1S/C43H56N3OSi/c1-13-16-21-44(10)41(47)31-20-18-17-19-30(31)40-34-22-32-28(4)26-42(6,7)45(14-2)36(32)24-38(34)48(11,12)39-25-37-33(23-35(39)40)29(5)27-43(8,9)46(37)15-3/h17-20,22-27H,13-16,21H2,1-12H3/q+1. The topological polar surface area (TPSA) is 26.6 Å². The average Bonchev–Trinajstić information content (AvgIpc) is 3.02. The molecule has 4 nitrogen and oxygen atoms in total. The summed E-state index contributed by atoms with van der Waals surface area (Å²) in [4.78, 5) is 18.7. The lowest BCUT2D eigenvalue weighted by atomic mass is 9.84. The normalized spacial score (nSPS) is 18.3. The van der Waals surface area contributed by atoms with Crippen molar-refractivity contribution >= 4 is 46.8 Å². The maximum atomic E-state index is 14.2. The van der Waals surface area contributed by atoms with Gasteiger partial charge in [0.05, 0.1) is 5.54 Å². The first-order valence-corrected chi connectivity index (χ1v) is 21.1. The Bertz CT molecular complexity index is 2030. The number of benzene rings is 3. The maximum Gasteiger partial charge on any atom is 0.254 e. The van der Waals surface area contributed by atoms with Crippen molar-refractivity contribution in [3.63, 3.8) is 0 Å². The minimum Gasteiger partial charge on any atom is -0.363 e. The second-order valence-electron chi connectivity index (χ2n) is 15.9. The minimum atomic E-state index is -2.24. The summed E-state index contributed by atoms with van der Waals surface area (Å²) >= 11 is 0. The number of hydrogen-bond acceptors (Lipinski definition) is 2. The van der Waals surface area contributed by atoms with Crippen LogP contribution in [0, 0.1) is 0 Å². The monoisotopic (exact) mass is 658 g/mol. The molecule has 0 saturated heterocycles. The van der Waals surface area contributed by atoms with Gasteiger partial charge in [-0.15, -0.1) is 0 Å². The Kier molecular flexibility index (Phi) is 8.55. The van der Waals surface area contributed by atoms with E-state index in [1.54, 1.807) is 0 Å². The van der Waals surface area contributed by atoms with Crippen molar-refractivity contribution in [3.8, 4) is 0 Å². The van der Waals surface area contributed by atoms with Crippen LogP contribution in [0.2, 0.25) is 13.1 Å². The van der Waals surface area contributed by atoms with Crippen LogP contribution in [-0.2, 0) is 0 Å². The number of unbranched alkanes of at least 4 members (excludes halogenated alkanes) is 1. The number of fused-ring (bicyclic) bond motifs is 4. The molecule has 48 heavy (non-hydrogen) atoms. The molecule has 0 aliphatic carbocycles. The quantitative estimate of drug-likeness (QED) is 0.210. The van der Waals surface area contributed by atoms with Gasteiger partial charge in [-0.2, -0.15) is 0 Å². The van der Waals surface area contributed by atoms with Crippen LogP contribution in [0.15, 0.2) is 60.7 Å². The minimum absolute atomic E-state index is 0.0663. The molecule has 0 bridgehead atoms. The Morgan fingerprint density at radius 1 is 0.854 bits per heavy atom. The highest BCUT2D eigenvalue weighted by Gasteiger charge is 2.41. The van der Waals surface area contributed by atoms with E-state index in [4.69, 9.17) is 0 Å². The molecule has 0 radical (unpaired) electrons. The van der Waals surface area contributed by atoms with Crippen molar-refractivity contribution in [2.75, 3.05) is 31.6 Å². The highest BCUT2D eigenvalue weighted by molar-refractivity contribution is 7.01. The van der Waals surface area contributed by atoms with Gasteiger partial charge in [0.2, 0.25) is 5.36 Å². The van der Waals surface area contributed by atoms with E-state index in [1.165, 1.54) is 60.0 Å². The molecule has 3 aliphatic rings. The first kappa shape index (κ1) is 34.2. The number of allylic oxidation sites excluding steroid dienone is 2. The van der Waals surface area contributed by atoms with Crippen LogP contribution in [-0.4, -0.2) is 56.6 Å². The molecule has 5 heteroatoms. The molecule has 0 aromatic heterocycles. The van der Waals surface area contributed by atoms with Gasteiger partial charge in [0.25, 0.3) is 5.91 Å². The molecule has 3 aromatic rings. The zero-order chi connectivity index (χ0) is 34.9. The molecule has 0 spiro atoms. The molecule has 3 heterocycles. The van der Waals surface area contributed by atoms with Crippen LogP contribution < -0.4 is 30.4 Å². The van der Waals surface area contributed by atoms with Crippen molar-refractivity contribution < 1.29 is 4.79 Å². The molecule has 252 valence electrons. The maximum absolute atomic E-state index is 14.2. The molecule has 6 rings (SSSR count). The van der Waals surface area contributed by atoms with E-state index in [-0.39, 0.29) is 17.0 Å². The Morgan fingerprint density at radius 3 is 2.21 bits per heavy atom. The number of nitrogens with zero attached hydrogens (tertiary/aromatic N) is 3. The van der Waals surface area contributed by atoms with E-state index >= 15 is 0 Å². The summed E-state index contributed by atoms with van der Waals surface area (Å²) in [5, 5.41) is 5.54. The van der Waals surface area contributed by atoms with Crippen molar-refractivity contribution in [1.82, 2.24) is 9.48 Å². The van der Waals surface area contributed by atoms with Gasteiger partial charge >= 0.3 is 0 Å². The largest absolute Gasteiger partial charge is 0.363 e. The molecule has 0 saturated carbocycles. The SMILES string of the molecule is CCCCN(C)C(=O)c1ccccc1C1=c2cc3c(cc2[Si](C)(C)c2cc4c(cc21)C(C)=CC(C)(C)N4CC)=[N+](CC)C(C)(C)C=C3C. The van der Waals surface area contributed by atoms with Crippen molar-refractivity contribution in [1.29, 1.82) is 0 Å². The van der Waals surface area contributed by atoms with Gasteiger partial charge in [0.1, 0.15) is 14.6 Å². The highest BCUT2D eigenvalue weighted by Crippen LogP contribution is 2.41. The second kappa shape index (κ2) is 12.0. The van der Waals surface area contributed by atoms with Crippen LogP contribution in [0.1, 0.15) is 108 Å². The van der Waals surface area contributed by atoms with Crippen molar-refractivity contribution in [2.45, 2.75) is 99.3 Å². The molecular formula is C43H56N3OSi+. The van der Waals surface area contributed by atoms with Crippen LogP contribution in [0.25, 0.3) is 16.7 Å². The number of anilines is 1. The van der Waals surface area contributed by atoms with E-state index in [9.17, 15) is 4.79 Å². The zero-order valence-electron chi connectivity index (χ0n) is 31.6. The number of hydrogen-bond donors (Lipinski definition) is 0. The van der Waals surface area contributed by atoms with E-state index in [1.807, 2.05) is 24.1 Å². The average molecular weight is 659 g/mol. The number of likely N-dealkylation sites (N-methyl/N-ethyl adjacent to an activating group) is 2. The molecule has 3 aliphatic heterocycles. The molecule has 0 fully saturated rings. The van der Waals surface area contributed by atoms with Crippen molar-refractivity contribution in [3.05, 3.63) is 99.1 Å². The van der Waals surface area contributed by atoms with E-state index in [0.717, 1.165) is 43.6 Å². The van der Waals surface area contributed by atoms with Crippen LogP contribution in [0.3, 0.4) is 0 Å². The van der Waals surface area contributed by atoms with Gasteiger partial charge in [0.15, 0.2) is 5.54 Å². The third kappa shape index (κ3) is 5.24. The number of amides is 1. The Hall–Kier alpha value is -3.70. The fraction of sp³-hybridized carbons (Fsp3) is 0.442. The fourth-order valence-corrected chi connectivity index (χ4v) is 12.0. The fourth-order valence-electron chi connectivity index (χ4n) is 9.02. The smallest absolute Gasteiger partial charge is 0.254 e. The van der Waals surface area contributed by atoms with Crippen LogP contribution in [0.4, 0.5) is 5.69 Å². The first-order chi connectivity index (χ1) is 22.6. The Balaban J connectivity index is 1.79. The van der Waals surface area contributed by atoms with Gasteiger partial charge < -0.3 is 9.80 Å². The summed E-state index contributed by atoms with van der Waals surface area (Å²) < 4.78 is 2.57. The van der Waals surface area contributed by atoms with Gasteiger partial charge in [-0.3, -0.25) is 4.79 Å². The number of carbonyl (C=O) groups excluding carboxylic acids is 1. The van der Waals surface area contributed by atoms with Gasteiger partial charge in [0, 0.05) is 62.4 Å². The predicted molar refractivity (Wildman–Crippen MR) is 209 cm³/mol. The lowest BCUT2D eigenvalue weighted by Crippen LogP contribution is -2.65. The molecule has 1 amide bonds. The Labute approximate surface area is 290 Å². The van der Waals surface area contributed by atoms with Gasteiger partial charge in [-0.05, 0) is 122 Å². The summed E-state index contributed by atoms with van der Waals surface area (Å²) in [5.74, 6) is 0.0950. The number of rotatable bonds is 7. The molecule has 0 N–H and O–H groups in total. The van der Waals surface area contributed by atoms with E-state index < -0.39 is 8.07 Å². The van der Waals surface area contributed by atoms with E-state index in [0.29, 0.717) is 0 Å². The lowest BCUT2D eigenvalue weighted by Gasteiger charge is -2.44. The third-order valence-electron chi connectivity index (χ3n) is 11.4. The molecular weight excluding hydrogens is 603 g/mol. The predicted octanol–water partition coefficient (Wildman–Crippen LogP) is 6.67. The lowest BCUT2D eigenvalue weighted by molar-refractivity contribution is 0.0793. The Morgan fingerprint density at radius 2 is 1.54 bits per heavy atom. The summed E-state index contributed by atoms with van der Waals surface area (Å²) in [6.45, 7) is 28.3. The third-order valence-corrected chi connectivity index (χ3v) is 14.9. The summed E-state index contributed by atoms with van der Waals surface area (Å²) in [5.41, 5.74) is 10.8. The van der Waals surface area contributed by atoms with Crippen LogP contribution in [0.5, 0.6) is 0 Å². The van der Waals surface area contributed by atoms with Crippen LogP contribution >= 0.6 is 0 Å². The molecule has 3 aromatic carbocycles. The molecule has 0 unspecified atom stereocenters. The highest BCUT2D eigenvalue weighted by atomic mass is 28.3. The first-order valence-electron chi connectivity index (χ1n) is 18.1.